The number of aromatic nitrogens is 1. The van der Waals surface area contributed by atoms with Gasteiger partial charge in [-0.1, -0.05) is 12.8 Å². The van der Waals surface area contributed by atoms with Gasteiger partial charge in [0.15, 0.2) is 0 Å². The fourth-order valence-corrected chi connectivity index (χ4v) is 2.76. The molecule has 100 valence electrons. The van der Waals surface area contributed by atoms with Crippen LogP contribution in [-0.4, -0.2) is 43.1 Å². The van der Waals surface area contributed by atoms with Crippen molar-refractivity contribution in [3.8, 4) is 0 Å². The Hall–Kier alpha value is -1.29. The topological polar surface area (TPSA) is 40.2 Å². The van der Waals surface area contributed by atoms with Crippen LogP contribution in [-0.2, 0) is 0 Å². The van der Waals surface area contributed by atoms with Gasteiger partial charge in [0.25, 0.3) is 0 Å². The van der Waals surface area contributed by atoms with E-state index in [2.05, 4.69) is 40.7 Å². The fourth-order valence-electron chi connectivity index (χ4n) is 2.76. The zero-order valence-corrected chi connectivity index (χ0v) is 11.7. The molecule has 4 nitrogen and oxygen atoms in total. The molecule has 0 atom stereocenters. The number of nitrogens with zero attached hydrogens (tertiary/aromatic N) is 2. The second kappa shape index (κ2) is 5.57. The highest BCUT2D eigenvalue weighted by atomic mass is 15.2. The van der Waals surface area contributed by atoms with Crippen molar-refractivity contribution in [2.45, 2.75) is 31.2 Å². The van der Waals surface area contributed by atoms with Gasteiger partial charge in [0.1, 0.15) is 0 Å². The van der Waals surface area contributed by atoms with E-state index in [0.717, 1.165) is 17.9 Å². The molecule has 18 heavy (non-hydrogen) atoms. The quantitative estimate of drug-likeness (QED) is 0.839. The highest BCUT2D eigenvalue weighted by molar-refractivity contribution is 5.53. The van der Waals surface area contributed by atoms with Gasteiger partial charge in [0.2, 0.25) is 0 Å². The lowest BCUT2D eigenvalue weighted by molar-refractivity contribution is 0.172. The van der Waals surface area contributed by atoms with Crippen molar-refractivity contribution in [1.29, 1.82) is 0 Å². The molecule has 0 bridgehead atoms. The Morgan fingerprint density at radius 2 is 1.89 bits per heavy atom. The minimum atomic E-state index is 0.315. The molecule has 0 radical (unpaired) electrons. The maximum atomic E-state index is 4.23. The van der Waals surface area contributed by atoms with Crippen LogP contribution >= 0.6 is 0 Å². The number of likely N-dealkylation sites (N-methyl/N-ethyl adjacent to an activating group) is 1. The van der Waals surface area contributed by atoms with E-state index in [1.807, 2.05) is 19.4 Å². The van der Waals surface area contributed by atoms with Crippen LogP contribution in [0.25, 0.3) is 0 Å². The van der Waals surface area contributed by atoms with Crippen molar-refractivity contribution in [3.63, 3.8) is 0 Å². The van der Waals surface area contributed by atoms with Crippen molar-refractivity contribution in [2.24, 2.45) is 0 Å². The summed E-state index contributed by atoms with van der Waals surface area (Å²) in [5.74, 6) is 0. The molecular formula is C14H24N4. The molecule has 1 fully saturated rings. The van der Waals surface area contributed by atoms with Gasteiger partial charge in [-0.25, -0.2) is 0 Å². The third-order valence-electron chi connectivity index (χ3n) is 4.13. The number of nitrogens with one attached hydrogen (secondary N) is 2. The average molecular weight is 248 g/mol. The van der Waals surface area contributed by atoms with E-state index in [1.54, 1.807) is 0 Å². The molecule has 1 saturated carbocycles. The minimum Gasteiger partial charge on any atom is -0.387 e. The molecule has 0 aliphatic heterocycles. The Morgan fingerprint density at radius 3 is 2.50 bits per heavy atom. The zero-order chi connectivity index (χ0) is 13.0. The van der Waals surface area contributed by atoms with Crippen molar-refractivity contribution in [1.82, 2.24) is 9.88 Å². The van der Waals surface area contributed by atoms with Crippen molar-refractivity contribution >= 4 is 11.4 Å². The lowest BCUT2D eigenvalue weighted by Gasteiger charge is -2.36. The lowest BCUT2D eigenvalue weighted by Crippen LogP contribution is -2.47. The lowest BCUT2D eigenvalue weighted by atomic mass is 9.96. The van der Waals surface area contributed by atoms with E-state index < -0.39 is 0 Å². The van der Waals surface area contributed by atoms with Crippen molar-refractivity contribution in [3.05, 3.63) is 18.5 Å². The molecule has 4 heteroatoms. The Morgan fingerprint density at radius 1 is 1.22 bits per heavy atom. The summed E-state index contributed by atoms with van der Waals surface area (Å²) in [6.45, 7) is 0.995. The van der Waals surface area contributed by atoms with Crippen molar-refractivity contribution < 1.29 is 0 Å². The monoisotopic (exact) mass is 248 g/mol. The van der Waals surface area contributed by atoms with Gasteiger partial charge in [-0.15, -0.1) is 0 Å². The summed E-state index contributed by atoms with van der Waals surface area (Å²) < 4.78 is 0. The van der Waals surface area contributed by atoms with E-state index in [1.165, 1.54) is 25.7 Å². The average Bonchev–Trinajstić information content (AvgIpc) is 2.87. The third-order valence-corrected chi connectivity index (χ3v) is 4.13. The molecule has 0 aromatic carbocycles. The van der Waals surface area contributed by atoms with Gasteiger partial charge in [-0.3, -0.25) is 4.98 Å². The standard InChI is InChI=1S/C14H24N4/c1-15-12-8-13(10-16-9-12)17-11-14(18(2)3)6-4-5-7-14/h8-10,15,17H,4-7,11H2,1-3H3. The molecule has 2 N–H and O–H groups in total. The van der Waals surface area contributed by atoms with Crippen molar-refractivity contribution in [2.75, 3.05) is 38.3 Å². The Balaban J connectivity index is 2.01. The number of hydrogen-bond acceptors (Lipinski definition) is 4. The van der Waals surface area contributed by atoms with Crippen LogP contribution in [0.4, 0.5) is 11.4 Å². The maximum Gasteiger partial charge on any atom is 0.0548 e. The van der Waals surface area contributed by atoms with Gasteiger partial charge < -0.3 is 15.5 Å². The second-order valence-electron chi connectivity index (χ2n) is 5.39. The van der Waals surface area contributed by atoms with Gasteiger partial charge in [-0.05, 0) is 33.0 Å². The summed E-state index contributed by atoms with van der Waals surface area (Å²) >= 11 is 0. The highest BCUT2D eigenvalue weighted by Gasteiger charge is 2.35. The Kier molecular flexibility index (Phi) is 4.07. The summed E-state index contributed by atoms with van der Waals surface area (Å²) in [6, 6.07) is 2.10. The van der Waals surface area contributed by atoms with E-state index in [-0.39, 0.29) is 0 Å². The summed E-state index contributed by atoms with van der Waals surface area (Å²) in [6.07, 6.45) is 8.98. The van der Waals surface area contributed by atoms with Crippen LogP contribution in [0.2, 0.25) is 0 Å². The summed E-state index contributed by atoms with van der Waals surface area (Å²) in [5, 5.41) is 6.65. The summed E-state index contributed by atoms with van der Waals surface area (Å²) in [7, 11) is 6.30. The molecule has 1 aliphatic rings. The number of hydrogen-bond donors (Lipinski definition) is 2. The largest absolute Gasteiger partial charge is 0.387 e. The van der Waals surface area contributed by atoms with E-state index in [0.29, 0.717) is 5.54 Å². The number of anilines is 2. The smallest absolute Gasteiger partial charge is 0.0548 e. The first-order valence-electron chi connectivity index (χ1n) is 6.70. The van der Waals surface area contributed by atoms with E-state index in [4.69, 9.17) is 0 Å². The molecule has 1 aromatic rings. The Bertz CT molecular complexity index is 383. The zero-order valence-electron chi connectivity index (χ0n) is 11.7. The third kappa shape index (κ3) is 2.75. The predicted molar refractivity (Wildman–Crippen MR) is 77.2 cm³/mol. The normalized spacial score (nSPS) is 18.0. The molecular weight excluding hydrogens is 224 g/mol. The predicted octanol–water partition coefficient (Wildman–Crippen LogP) is 2.41. The van der Waals surface area contributed by atoms with Crippen LogP contribution in [0.5, 0.6) is 0 Å². The molecule has 0 saturated heterocycles. The maximum absolute atomic E-state index is 4.23. The molecule has 1 heterocycles. The van der Waals surface area contributed by atoms with Gasteiger partial charge in [0, 0.05) is 19.1 Å². The first-order valence-corrected chi connectivity index (χ1v) is 6.70. The molecule has 1 aromatic heterocycles. The molecule has 0 amide bonds. The molecule has 0 unspecified atom stereocenters. The van der Waals surface area contributed by atoms with Crippen LogP contribution in [0, 0.1) is 0 Å². The first-order chi connectivity index (χ1) is 8.66. The fraction of sp³-hybridized carbons (Fsp3) is 0.643. The molecule has 1 aliphatic carbocycles. The summed E-state index contributed by atoms with van der Waals surface area (Å²) in [5.41, 5.74) is 2.45. The van der Waals surface area contributed by atoms with Gasteiger partial charge >= 0.3 is 0 Å². The number of pyridine rings is 1. The molecule has 0 spiro atoms. The van der Waals surface area contributed by atoms with Crippen LogP contribution in [0.3, 0.4) is 0 Å². The highest BCUT2D eigenvalue weighted by Crippen LogP contribution is 2.33. The Labute approximate surface area is 110 Å². The van der Waals surface area contributed by atoms with Crippen LogP contribution in [0.1, 0.15) is 25.7 Å². The van der Waals surface area contributed by atoms with Crippen LogP contribution < -0.4 is 10.6 Å². The van der Waals surface area contributed by atoms with Gasteiger partial charge in [-0.2, -0.15) is 0 Å². The van der Waals surface area contributed by atoms with Crippen LogP contribution in [0.15, 0.2) is 18.5 Å². The number of rotatable bonds is 5. The SMILES string of the molecule is CNc1cncc(NCC2(N(C)C)CCCC2)c1. The molecule has 2 rings (SSSR count). The van der Waals surface area contributed by atoms with E-state index in [9.17, 15) is 0 Å². The second-order valence-corrected chi connectivity index (χ2v) is 5.39. The first kappa shape index (κ1) is 13.1. The summed E-state index contributed by atoms with van der Waals surface area (Å²) in [4.78, 5) is 6.61. The van der Waals surface area contributed by atoms with E-state index >= 15 is 0 Å². The van der Waals surface area contributed by atoms with Gasteiger partial charge in [0.05, 0.1) is 23.8 Å². The minimum absolute atomic E-state index is 0.315.